The quantitative estimate of drug-likeness (QED) is 0.0255. The van der Waals surface area contributed by atoms with E-state index in [4.69, 9.17) is 14.2 Å². The lowest BCUT2D eigenvalue weighted by molar-refractivity contribution is -0.118. The number of H-pyrrole nitrogens is 3. The summed E-state index contributed by atoms with van der Waals surface area (Å²) in [5.74, 6) is 1.48. The van der Waals surface area contributed by atoms with Gasteiger partial charge in [-0.2, -0.15) is 0 Å². The molecule has 15 heterocycles. The number of carbonyl (C=O) groups excluding carboxylic acids is 6. The summed E-state index contributed by atoms with van der Waals surface area (Å²) < 4.78 is 16.4. The van der Waals surface area contributed by atoms with Gasteiger partial charge < -0.3 is 75.8 Å². The average molecular weight is 1660 g/mol. The van der Waals surface area contributed by atoms with Crippen LogP contribution in [0.1, 0.15) is 67.4 Å². The van der Waals surface area contributed by atoms with Gasteiger partial charge in [-0.1, -0.05) is 56.1 Å². The number of ether oxygens (including phenoxy) is 3. The van der Waals surface area contributed by atoms with Gasteiger partial charge in [0.15, 0.2) is 0 Å². The number of fused-ring (bicyclic) bond motifs is 3. The molecule has 9 aromatic heterocycles. The molecule has 6 aliphatic heterocycles. The van der Waals surface area contributed by atoms with Crippen molar-refractivity contribution in [2.24, 2.45) is 0 Å². The number of morpholine rings is 3. The molecule has 6 fully saturated rings. The molecule has 123 heavy (non-hydrogen) atoms. The van der Waals surface area contributed by atoms with Crippen molar-refractivity contribution in [2.45, 2.75) is 57.0 Å². The molecule has 0 saturated carbocycles. The van der Waals surface area contributed by atoms with E-state index in [2.05, 4.69) is 159 Å². The summed E-state index contributed by atoms with van der Waals surface area (Å²) in [4.78, 5) is 137. The normalized spacial score (nSPS) is 16.6. The van der Waals surface area contributed by atoms with Crippen molar-refractivity contribution >= 4 is 103 Å². The number of aromatic nitrogens is 12. The second-order valence-electron chi connectivity index (χ2n) is 30.8. The van der Waals surface area contributed by atoms with Crippen LogP contribution in [0.15, 0.2) is 203 Å². The number of hydrogen-bond acceptors (Lipinski definition) is 24. The molecule has 3 aromatic carbocycles. The molecule has 6 saturated heterocycles. The Morgan fingerprint density at radius 2 is 0.667 bits per heavy atom. The number of rotatable bonds is 24. The fourth-order valence-electron chi connectivity index (χ4n) is 15.9. The van der Waals surface area contributed by atoms with E-state index in [1.807, 2.05) is 103 Å². The third-order valence-corrected chi connectivity index (χ3v) is 22.3. The van der Waals surface area contributed by atoms with E-state index < -0.39 is 0 Å². The van der Waals surface area contributed by atoms with E-state index in [1.54, 1.807) is 43.6 Å². The minimum atomic E-state index is -0.273. The van der Waals surface area contributed by atoms with Crippen LogP contribution < -0.4 is 46.6 Å². The van der Waals surface area contributed by atoms with Gasteiger partial charge in [0, 0.05) is 163 Å². The Bertz CT molecular complexity index is 5790. The van der Waals surface area contributed by atoms with E-state index in [0.29, 0.717) is 86.9 Å². The summed E-state index contributed by atoms with van der Waals surface area (Å²) >= 11 is 0. The van der Waals surface area contributed by atoms with Crippen LogP contribution in [0.2, 0.25) is 0 Å². The molecule has 0 aliphatic carbocycles. The number of amides is 6. The summed E-state index contributed by atoms with van der Waals surface area (Å²) in [5.41, 5.74) is 14.2. The second-order valence-corrected chi connectivity index (χ2v) is 30.8. The number of benzene rings is 3. The smallest absolute Gasteiger partial charge is 0.274 e. The molecular formula is C90H96N24O9. The minimum absolute atomic E-state index is 0.109. The Balaban J connectivity index is 0.000000137. The van der Waals surface area contributed by atoms with Gasteiger partial charge >= 0.3 is 0 Å². The van der Waals surface area contributed by atoms with Crippen LogP contribution >= 0.6 is 0 Å². The summed E-state index contributed by atoms with van der Waals surface area (Å²) in [6.45, 7) is 26.4. The van der Waals surface area contributed by atoms with Crippen molar-refractivity contribution in [1.29, 1.82) is 0 Å². The van der Waals surface area contributed by atoms with Crippen LogP contribution in [-0.2, 0) is 48.2 Å². The average Bonchev–Trinajstić information content (AvgIpc) is 1.65. The van der Waals surface area contributed by atoms with Gasteiger partial charge in [0.2, 0.25) is 17.7 Å². The molecule has 1 atom stereocenters. The standard InChI is InChI=1S/C31H34N8O3.C30H32N8O3.C29H30N8O3/c1-2-28(40)35-24-8-11-38(12-9-24)19-21-7-10-32-27(17-21)31(41)36-23-5-3-22(4-6-23)26-18-25-29(37-26)33-20-34-30(25)39-13-15-42-16-14-39;1-2-27(39)34-23-8-10-37(18-23)17-20-7-9-31-26(15-20)30(40)35-22-5-3-21(4-6-22)25-16-24-28(36-25)32-19-33-29(24)38-11-13-41-14-12-38;1-2-26(38)33-22-16-36(17-22)15-19-7-8-30-25(13-19)29(39)34-21-5-3-20(4-6-21)24-14-23-27(35-24)31-18-32-28(23)37-9-11-40-12-10-37/h2-7,10,17-18,20,24H,1,8-9,11-16,19H2,(H,35,40)(H,36,41)(H,33,34,37);2-7,9,15-16,19,23H,1,8,10-14,17-18H2,(H,34,39)(H,35,40)(H,32,33,36);2-8,13-14,18,22H,1,9-12,15-17H2,(H,33,38)(H,34,39)(H,31,32,35). The Kier molecular flexibility index (Phi) is 26.4. The number of hydrogen-bond donors (Lipinski definition) is 9. The van der Waals surface area contributed by atoms with Crippen molar-refractivity contribution < 1.29 is 43.0 Å². The number of likely N-dealkylation sites (tertiary alicyclic amines) is 3. The van der Waals surface area contributed by atoms with Crippen molar-refractivity contribution in [2.75, 3.05) is 149 Å². The van der Waals surface area contributed by atoms with E-state index in [-0.39, 0.29) is 53.6 Å². The molecule has 6 amide bonds. The second kappa shape index (κ2) is 39.1. The highest BCUT2D eigenvalue weighted by atomic mass is 16.5. The molecule has 33 nitrogen and oxygen atoms in total. The lowest BCUT2D eigenvalue weighted by atomic mass is 10.0. The molecule has 33 heteroatoms. The van der Waals surface area contributed by atoms with Gasteiger partial charge in [-0.3, -0.25) is 58.4 Å². The van der Waals surface area contributed by atoms with Gasteiger partial charge in [-0.15, -0.1) is 0 Å². The van der Waals surface area contributed by atoms with Gasteiger partial charge in [0.1, 0.15) is 70.5 Å². The van der Waals surface area contributed by atoms with Gasteiger partial charge in [-0.25, -0.2) is 29.9 Å². The number of piperidine rings is 1. The molecule has 0 bridgehead atoms. The van der Waals surface area contributed by atoms with Crippen molar-refractivity contribution in [3.8, 4) is 33.8 Å². The molecular weight excluding hydrogens is 1560 g/mol. The maximum absolute atomic E-state index is 13.0. The Labute approximate surface area is 709 Å². The summed E-state index contributed by atoms with van der Waals surface area (Å²) in [6.07, 6.45) is 16.3. The molecule has 18 rings (SSSR count). The maximum Gasteiger partial charge on any atom is 0.274 e. The zero-order valence-electron chi connectivity index (χ0n) is 68.0. The highest BCUT2D eigenvalue weighted by Gasteiger charge is 2.30. The van der Waals surface area contributed by atoms with E-state index in [1.165, 1.54) is 18.2 Å². The van der Waals surface area contributed by atoms with Crippen LogP contribution in [0.25, 0.3) is 66.9 Å². The van der Waals surface area contributed by atoms with Crippen LogP contribution in [-0.4, -0.2) is 246 Å². The number of pyridine rings is 3. The number of aromatic amines is 3. The lowest BCUT2D eigenvalue weighted by Crippen LogP contribution is -2.58. The predicted molar refractivity (Wildman–Crippen MR) is 470 cm³/mol. The van der Waals surface area contributed by atoms with Crippen LogP contribution in [0.4, 0.5) is 34.5 Å². The first-order valence-electron chi connectivity index (χ1n) is 41.2. The van der Waals surface area contributed by atoms with Crippen molar-refractivity contribution in [1.82, 2.24) is 90.5 Å². The molecule has 9 N–H and O–H groups in total. The van der Waals surface area contributed by atoms with Crippen LogP contribution in [0.5, 0.6) is 0 Å². The fourth-order valence-corrected chi connectivity index (χ4v) is 15.9. The highest BCUT2D eigenvalue weighted by molar-refractivity contribution is 6.05. The molecule has 1 unspecified atom stereocenters. The minimum Gasteiger partial charge on any atom is -0.378 e. The largest absolute Gasteiger partial charge is 0.378 e. The third kappa shape index (κ3) is 21.0. The molecule has 0 radical (unpaired) electrons. The predicted octanol–water partition coefficient (Wildman–Crippen LogP) is 8.96. The molecule has 12 aromatic rings. The Morgan fingerprint density at radius 3 is 1.02 bits per heavy atom. The molecule has 6 aliphatic rings. The topological polar surface area (TPSA) is 385 Å². The van der Waals surface area contributed by atoms with E-state index in [9.17, 15) is 28.8 Å². The maximum atomic E-state index is 13.0. The first-order chi connectivity index (χ1) is 60.2. The monoisotopic (exact) mass is 1660 g/mol. The highest BCUT2D eigenvalue weighted by Crippen LogP contribution is 2.34. The van der Waals surface area contributed by atoms with Gasteiger partial charge in [0.05, 0.1) is 61.8 Å². The van der Waals surface area contributed by atoms with Crippen LogP contribution in [0.3, 0.4) is 0 Å². The van der Waals surface area contributed by atoms with Crippen molar-refractivity contribution in [3.05, 3.63) is 237 Å². The number of anilines is 6. The summed E-state index contributed by atoms with van der Waals surface area (Å²) in [6, 6.07) is 40.8. The number of nitrogens with one attached hydrogen (secondary N) is 9. The Morgan fingerprint density at radius 1 is 0.358 bits per heavy atom. The molecule has 630 valence electrons. The Hall–Kier alpha value is -13.8. The number of carbonyl (C=O) groups is 6. The molecule has 0 spiro atoms. The van der Waals surface area contributed by atoms with E-state index in [0.717, 1.165) is 205 Å². The summed E-state index contributed by atoms with van der Waals surface area (Å²) in [7, 11) is 0. The SMILES string of the molecule is C=CC(=O)NC1CCN(Cc2ccnc(C(=O)Nc3ccc(-c4cc5c(N6CCOCC6)ncnc5[nH]4)cc3)c2)C1.C=CC(=O)NC1CCN(Cc2ccnc(C(=O)Nc3ccc(-c4cc5c(N6CCOCC6)ncnc5[nH]4)cc3)c2)CC1.C=CC(=O)NC1CN(Cc2ccnc(C(=O)Nc3ccc(-c4cc5c(N6CCOCC6)ncnc5[nH]4)cc3)c2)C1. The zero-order chi connectivity index (χ0) is 84.5. The van der Waals surface area contributed by atoms with Gasteiger partial charge in [0.25, 0.3) is 17.7 Å². The summed E-state index contributed by atoms with van der Waals surface area (Å²) in [5, 5.41) is 20.6. The van der Waals surface area contributed by atoms with E-state index >= 15 is 0 Å². The zero-order valence-corrected chi connectivity index (χ0v) is 68.0. The van der Waals surface area contributed by atoms with Crippen LogP contribution in [0, 0.1) is 0 Å². The fraction of sp³-hybridized carbons (Fsp3) is 0.300. The lowest BCUT2D eigenvalue weighted by Gasteiger charge is -2.39. The van der Waals surface area contributed by atoms with Crippen molar-refractivity contribution in [3.63, 3.8) is 0 Å². The first-order valence-corrected chi connectivity index (χ1v) is 41.2. The first kappa shape index (κ1) is 82.8. The third-order valence-electron chi connectivity index (χ3n) is 22.3. The van der Waals surface area contributed by atoms with Gasteiger partial charge in [-0.05, 0) is 162 Å². The number of nitrogens with zero attached hydrogens (tertiary/aromatic N) is 15.